The molecule has 0 saturated carbocycles. The summed E-state index contributed by atoms with van der Waals surface area (Å²) in [6, 6.07) is 13.8. The van der Waals surface area contributed by atoms with Crippen LogP contribution in [0, 0.1) is 13.8 Å². The van der Waals surface area contributed by atoms with E-state index in [0.29, 0.717) is 6.61 Å². The van der Waals surface area contributed by atoms with Gasteiger partial charge in [0.1, 0.15) is 5.75 Å². The molecule has 7 nitrogen and oxygen atoms in total. The number of aryl methyl sites for hydroxylation is 1. The molecule has 0 atom stereocenters. The van der Waals surface area contributed by atoms with Gasteiger partial charge < -0.3 is 20.3 Å². The molecule has 7 heteroatoms. The van der Waals surface area contributed by atoms with Gasteiger partial charge in [0.05, 0.1) is 25.4 Å². The number of carbonyl (C=O) groups excluding carboxylic acids is 2. The molecular formula is C24H32N4O3. The standard InChI is InChI=1S/C24H32N4O3/c1-4-31-22-11-6-5-10-21(22)28-14-12-27(13-15-28)17-24(30)25-16-23(29)26-20-9-7-8-18(2)19(20)3/h5-11H,4,12-17H2,1-3H3,(H,25,30)(H,26,29). The van der Waals surface area contributed by atoms with Crippen molar-refractivity contribution in [2.75, 3.05) is 56.1 Å². The summed E-state index contributed by atoms with van der Waals surface area (Å²) in [5, 5.41) is 5.59. The summed E-state index contributed by atoms with van der Waals surface area (Å²) >= 11 is 0. The van der Waals surface area contributed by atoms with E-state index in [-0.39, 0.29) is 24.9 Å². The summed E-state index contributed by atoms with van der Waals surface area (Å²) in [7, 11) is 0. The lowest BCUT2D eigenvalue weighted by molar-refractivity contribution is -0.125. The van der Waals surface area contributed by atoms with Crippen LogP contribution in [-0.2, 0) is 9.59 Å². The van der Waals surface area contributed by atoms with Crippen LogP contribution in [0.4, 0.5) is 11.4 Å². The van der Waals surface area contributed by atoms with Crippen molar-refractivity contribution in [2.24, 2.45) is 0 Å². The lowest BCUT2D eigenvalue weighted by Gasteiger charge is -2.36. The van der Waals surface area contributed by atoms with Crippen LogP contribution < -0.4 is 20.3 Å². The molecule has 0 spiro atoms. The third-order valence-corrected chi connectivity index (χ3v) is 5.57. The van der Waals surface area contributed by atoms with Gasteiger partial charge in [0, 0.05) is 31.9 Å². The van der Waals surface area contributed by atoms with Crippen LogP contribution in [0.25, 0.3) is 0 Å². The van der Waals surface area contributed by atoms with Crippen molar-refractivity contribution >= 4 is 23.2 Å². The van der Waals surface area contributed by atoms with Gasteiger partial charge in [-0.15, -0.1) is 0 Å². The maximum Gasteiger partial charge on any atom is 0.243 e. The Kier molecular flexibility index (Phi) is 7.89. The van der Waals surface area contributed by atoms with E-state index >= 15 is 0 Å². The van der Waals surface area contributed by atoms with E-state index in [2.05, 4.69) is 26.5 Å². The third kappa shape index (κ3) is 6.21. The second kappa shape index (κ2) is 10.8. The second-order valence-electron chi connectivity index (χ2n) is 7.74. The van der Waals surface area contributed by atoms with E-state index in [9.17, 15) is 9.59 Å². The zero-order chi connectivity index (χ0) is 22.2. The van der Waals surface area contributed by atoms with Crippen LogP contribution in [0.1, 0.15) is 18.1 Å². The zero-order valence-corrected chi connectivity index (χ0v) is 18.6. The number of benzene rings is 2. The molecule has 2 aromatic carbocycles. The minimum absolute atomic E-state index is 0.0338. The van der Waals surface area contributed by atoms with Crippen LogP contribution in [0.5, 0.6) is 5.75 Å². The second-order valence-corrected chi connectivity index (χ2v) is 7.74. The quantitative estimate of drug-likeness (QED) is 0.681. The smallest absolute Gasteiger partial charge is 0.243 e. The first kappa shape index (κ1) is 22.6. The van der Waals surface area contributed by atoms with Crippen molar-refractivity contribution in [1.29, 1.82) is 0 Å². The van der Waals surface area contributed by atoms with Gasteiger partial charge in [0.25, 0.3) is 0 Å². The lowest BCUT2D eigenvalue weighted by atomic mass is 10.1. The Morgan fingerprint density at radius 1 is 0.968 bits per heavy atom. The Balaban J connectivity index is 1.42. The normalized spacial score (nSPS) is 14.2. The summed E-state index contributed by atoms with van der Waals surface area (Å²) in [5.74, 6) is 0.532. The summed E-state index contributed by atoms with van der Waals surface area (Å²) in [6.45, 7) is 10.0. The lowest BCUT2D eigenvalue weighted by Crippen LogP contribution is -2.50. The van der Waals surface area contributed by atoms with Crippen LogP contribution >= 0.6 is 0 Å². The Morgan fingerprint density at radius 3 is 2.45 bits per heavy atom. The average Bonchev–Trinajstić information content (AvgIpc) is 2.77. The predicted molar refractivity (Wildman–Crippen MR) is 124 cm³/mol. The van der Waals surface area contributed by atoms with Gasteiger partial charge in [0.15, 0.2) is 0 Å². The number of hydrogen-bond acceptors (Lipinski definition) is 5. The van der Waals surface area contributed by atoms with E-state index in [1.165, 1.54) is 0 Å². The Labute approximate surface area is 184 Å². The Hall–Kier alpha value is -3.06. The third-order valence-electron chi connectivity index (χ3n) is 5.57. The van der Waals surface area contributed by atoms with Crippen LogP contribution in [0.15, 0.2) is 42.5 Å². The van der Waals surface area contributed by atoms with Crippen molar-refractivity contribution < 1.29 is 14.3 Å². The van der Waals surface area contributed by atoms with Gasteiger partial charge >= 0.3 is 0 Å². The molecule has 1 saturated heterocycles. The summed E-state index contributed by atoms with van der Waals surface area (Å²) in [6.07, 6.45) is 0. The number of ether oxygens (including phenoxy) is 1. The maximum atomic E-state index is 12.3. The van der Waals surface area contributed by atoms with Gasteiger partial charge in [-0.05, 0) is 50.1 Å². The monoisotopic (exact) mass is 424 g/mol. The minimum Gasteiger partial charge on any atom is -0.492 e. The molecule has 3 rings (SSSR count). The van der Waals surface area contributed by atoms with Gasteiger partial charge in [-0.2, -0.15) is 0 Å². The summed E-state index contributed by atoms with van der Waals surface area (Å²) < 4.78 is 5.74. The zero-order valence-electron chi connectivity index (χ0n) is 18.6. The minimum atomic E-state index is -0.223. The summed E-state index contributed by atoms with van der Waals surface area (Å²) in [4.78, 5) is 28.9. The van der Waals surface area contributed by atoms with Crippen LogP contribution in [-0.4, -0.2) is 62.6 Å². The average molecular weight is 425 g/mol. The first-order valence-corrected chi connectivity index (χ1v) is 10.8. The number of rotatable bonds is 8. The number of hydrogen-bond donors (Lipinski definition) is 2. The van der Waals surface area contributed by atoms with E-state index in [1.807, 2.05) is 57.2 Å². The molecule has 0 bridgehead atoms. The first-order chi connectivity index (χ1) is 15.0. The number of nitrogens with zero attached hydrogens (tertiary/aromatic N) is 2. The highest BCUT2D eigenvalue weighted by atomic mass is 16.5. The molecule has 31 heavy (non-hydrogen) atoms. The molecular weight excluding hydrogens is 392 g/mol. The number of piperazine rings is 1. The van der Waals surface area contributed by atoms with Gasteiger partial charge in [-0.1, -0.05) is 24.3 Å². The Bertz CT molecular complexity index is 907. The van der Waals surface area contributed by atoms with Gasteiger partial charge in [-0.3, -0.25) is 14.5 Å². The number of anilines is 2. The SMILES string of the molecule is CCOc1ccccc1N1CCN(CC(=O)NCC(=O)Nc2cccc(C)c2C)CC1. The van der Waals surface area contributed by atoms with Gasteiger partial charge in [0.2, 0.25) is 11.8 Å². The molecule has 2 amide bonds. The largest absolute Gasteiger partial charge is 0.492 e. The molecule has 1 aliphatic heterocycles. The molecule has 0 aliphatic carbocycles. The first-order valence-electron chi connectivity index (χ1n) is 10.8. The van der Waals surface area contributed by atoms with E-state index < -0.39 is 0 Å². The summed E-state index contributed by atoms with van der Waals surface area (Å²) in [5.41, 5.74) is 4.02. The molecule has 1 aliphatic rings. The van der Waals surface area contributed by atoms with Crippen LogP contribution in [0.2, 0.25) is 0 Å². The number of amides is 2. The van der Waals surface area contributed by atoms with E-state index in [0.717, 1.165) is 54.4 Å². The van der Waals surface area contributed by atoms with Crippen molar-refractivity contribution in [3.8, 4) is 5.75 Å². The molecule has 2 N–H and O–H groups in total. The molecule has 1 fully saturated rings. The van der Waals surface area contributed by atoms with Crippen molar-refractivity contribution in [3.05, 3.63) is 53.6 Å². The van der Waals surface area contributed by atoms with Crippen LogP contribution in [0.3, 0.4) is 0 Å². The number of carbonyl (C=O) groups is 2. The fourth-order valence-electron chi connectivity index (χ4n) is 3.66. The fourth-order valence-corrected chi connectivity index (χ4v) is 3.66. The number of nitrogens with one attached hydrogen (secondary N) is 2. The molecule has 1 heterocycles. The van der Waals surface area contributed by atoms with E-state index in [1.54, 1.807) is 0 Å². The molecule has 0 aromatic heterocycles. The molecule has 0 radical (unpaired) electrons. The molecule has 2 aromatic rings. The Morgan fingerprint density at radius 2 is 1.71 bits per heavy atom. The highest BCUT2D eigenvalue weighted by molar-refractivity contribution is 5.95. The maximum absolute atomic E-state index is 12.3. The van der Waals surface area contributed by atoms with Crippen molar-refractivity contribution in [1.82, 2.24) is 10.2 Å². The van der Waals surface area contributed by atoms with E-state index in [4.69, 9.17) is 4.74 Å². The highest BCUT2D eigenvalue weighted by Crippen LogP contribution is 2.28. The van der Waals surface area contributed by atoms with Crippen molar-refractivity contribution in [3.63, 3.8) is 0 Å². The molecule has 166 valence electrons. The predicted octanol–water partition coefficient (Wildman–Crippen LogP) is 2.58. The van der Waals surface area contributed by atoms with Gasteiger partial charge in [-0.25, -0.2) is 0 Å². The van der Waals surface area contributed by atoms with Crippen molar-refractivity contribution in [2.45, 2.75) is 20.8 Å². The highest BCUT2D eigenvalue weighted by Gasteiger charge is 2.21. The number of para-hydroxylation sites is 2. The fraction of sp³-hybridized carbons (Fsp3) is 0.417. The topological polar surface area (TPSA) is 73.9 Å². The molecule has 0 unspecified atom stereocenters.